The predicted molar refractivity (Wildman–Crippen MR) is 130 cm³/mol. The molecule has 186 valence electrons. The first-order valence-electron chi connectivity index (χ1n) is 11.9. The second-order valence-electron chi connectivity index (χ2n) is 10.2. The molecule has 1 atom stereocenters. The van der Waals surface area contributed by atoms with E-state index in [-0.39, 0.29) is 37.4 Å². The first kappa shape index (κ1) is 24.7. The number of likely N-dealkylation sites (tertiary alicyclic amines) is 1. The van der Waals surface area contributed by atoms with Crippen molar-refractivity contribution in [2.45, 2.75) is 44.8 Å². The molecule has 0 saturated carbocycles. The van der Waals surface area contributed by atoms with Gasteiger partial charge in [0.1, 0.15) is 12.6 Å². The molecule has 2 aliphatic rings. The molecule has 1 fully saturated rings. The van der Waals surface area contributed by atoms with E-state index in [1.807, 2.05) is 57.2 Å². The number of carboxylic acids is 1. The summed E-state index contributed by atoms with van der Waals surface area (Å²) in [7, 11) is 0. The van der Waals surface area contributed by atoms with E-state index >= 15 is 0 Å². The highest BCUT2D eigenvalue weighted by Crippen LogP contribution is 2.44. The largest absolute Gasteiger partial charge is 0.481 e. The third kappa shape index (κ3) is 5.82. The maximum atomic E-state index is 13.0. The second-order valence-corrected chi connectivity index (χ2v) is 10.2. The normalized spacial score (nSPS) is 16.1. The Morgan fingerprint density at radius 2 is 1.60 bits per heavy atom. The van der Waals surface area contributed by atoms with Crippen LogP contribution < -0.4 is 5.32 Å². The third-order valence-electron chi connectivity index (χ3n) is 6.35. The van der Waals surface area contributed by atoms with Crippen molar-refractivity contribution in [3.8, 4) is 11.1 Å². The summed E-state index contributed by atoms with van der Waals surface area (Å²) in [6, 6.07) is 15.2. The van der Waals surface area contributed by atoms with E-state index in [0.29, 0.717) is 13.1 Å². The van der Waals surface area contributed by atoms with Crippen LogP contribution in [0.15, 0.2) is 48.5 Å². The van der Waals surface area contributed by atoms with Gasteiger partial charge in [0.15, 0.2) is 0 Å². The topological polar surface area (TPSA) is 105 Å². The van der Waals surface area contributed by atoms with Gasteiger partial charge in [-0.3, -0.25) is 9.59 Å². The molecule has 4 rings (SSSR count). The lowest BCUT2D eigenvalue weighted by atomic mass is 9.95. The van der Waals surface area contributed by atoms with Crippen LogP contribution in [0.3, 0.4) is 0 Å². The molecule has 8 nitrogen and oxygen atoms in total. The number of alkyl carbamates (subject to hydrolysis) is 1. The average molecular weight is 481 g/mol. The lowest BCUT2D eigenvalue weighted by Gasteiger charge is -2.40. The maximum absolute atomic E-state index is 13.0. The summed E-state index contributed by atoms with van der Waals surface area (Å²) in [5.41, 5.74) is 3.99. The van der Waals surface area contributed by atoms with Gasteiger partial charge < -0.3 is 24.8 Å². The Bertz CT molecular complexity index is 1060. The lowest BCUT2D eigenvalue weighted by Crippen LogP contribution is -2.59. The van der Waals surface area contributed by atoms with Crippen molar-refractivity contribution in [3.05, 3.63) is 59.7 Å². The molecule has 1 heterocycles. The summed E-state index contributed by atoms with van der Waals surface area (Å²) in [5, 5.41) is 11.6. The van der Waals surface area contributed by atoms with E-state index in [1.54, 1.807) is 4.90 Å². The van der Waals surface area contributed by atoms with Gasteiger partial charge >= 0.3 is 12.1 Å². The standard InChI is InChI=1S/C27H32N2O6/c1-27(2,3)35-16-23(25(32)29-13-17(14-29)12-24(30)31)28-26(33)34-15-22-20-10-6-4-8-18(20)19-9-5-7-11-21(19)22/h4-11,17,22-23H,12-16H2,1-3H3,(H,28,33)(H,30,31)/t23-/m0/s1. The Balaban J connectivity index is 1.39. The number of fused-ring (bicyclic) bond motifs is 3. The van der Waals surface area contributed by atoms with Gasteiger partial charge in [-0.25, -0.2) is 4.79 Å². The minimum absolute atomic E-state index is 0.00732. The summed E-state index contributed by atoms with van der Waals surface area (Å²) in [6.45, 7) is 6.45. The molecule has 2 aromatic rings. The predicted octanol–water partition coefficient (Wildman–Crippen LogP) is 3.64. The van der Waals surface area contributed by atoms with Gasteiger partial charge in [0.25, 0.3) is 0 Å². The van der Waals surface area contributed by atoms with E-state index in [4.69, 9.17) is 14.6 Å². The summed E-state index contributed by atoms with van der Waals surface area (Å²) in [4.78, 5) is 38.2. The fourth-order valence-electron chi connectivity index (χ4n) is 4.64. The molecule has 2 amide bonds. The number of carbonyl (C=O) groups excluding carboxylic acids is 2. The molecule has 1 aliphatic heterocycles. The minimum atomic E-state index is -0.921. The van der Waals surface area contributed by atoms with Crippen molar-refractivity contribution >= 4 is 18.0 Å². The van der Waals surface area contributed by atoms with Gasteiger partial charge in [0, 0.05) is 24.9 Å². The van der Waals surface area contributed by atoms with Gasteiger partial charge in [0.2, 0.25) is 5.91 Å². The van der Waals surface area contributed by atoms with E-state index in [2.05, 4.69) is 17.4 Å². The summed E-state index contributed by atoms with van der Waals surface area (Å²) in [6.07, 6.45) is -0.669. The van der Waals surface area contributed by atoms with Crippen molar-refractivity contribution < 1.29 is 29.0 Å². The zero-order valence-electron chi connectivity index (χ0n) is 20.3. The van der Waals surface area contributed by atoms with E-state index in [0.717, 1.165) is 22.3 Å². The number of hydrogen-bond donors (Lipinski definition) is 2. The third-order valence-corrected chi connectivity index (χ3v) is 6.35. The molecule has 1 aliphatic carbocycles. The molecule has 0 unspecified atom stereocenters. The Morgan fingerprint density at radius 3 is 2.14 bits per heavy atom. The van der Waals surface area contributed by atoms with E-state index in [9.17, 15) is 14.4 Å². The molecule has 2 N–H and O–H groups in total. The SMILES string of the molecule is CC(C)(C)OC[C@H](NC(=O)OCC1c2ccccc2-c2ccccc21)C(=O)N1CC(CC(=O)O)C1. The van der Waals surface area contributed by atoms with Crippen LogP contribution in [0.5, 0.6) is 0 Å². The minimum Gasteiger partial charge on any atom is -0.481 e. The molecule has 0 bridgehead atoms. The summed E-state index contributed by atoms with van der Waals surface area (Å²) < 4.78 is 11.4. The molecular formula is C27H32N2O6. The fourth-order valence-corrected chi connectivity index (χ4v) is 4.64. The van der Waals surface area contributed by atoms with Crippen molar-refractivity contribution in [1.82, 2.24) is 10.2 Å². The van der Waals surface area contributed by atoms with Crippen LogP contribution in [0.25, 0.3) is 11.1 Å². The lowest BCUT2D eigenvalue weighted by molar-refractivity contribution is -0.148. The number of nitrogens with one attached hydrogen (secondary N) is 1. The molecular weight excluding hydrogens is 448 g/mol. The number of benzene rings is 2. The monoisotopic (exact) mass is 480 g/mol. The quantitative estimate of drug-likeness (QED) is 0.598. The Hall–Kier alpha value is -3.39. The molecule has 0 radical (unpaired) electrons. The maximum Gasteiger partial charge on any atom is 0.407 e. The average Bonchev–Trinajstić information content (AvgIpc) is 3.10. The molecule has 0 spiro atoms. The smallest absolute Gasteiger partial charge is 0.407 e. The number of carboxylic acid groups (broad SMARTS) is 1. The zero-order valence-corrected chi connectivity index (χ0v) is 20.3. The first-order chi connectivity index (χ1) is 16.6. The van der Waals surface area contributed by atoms with Crippen LogP contribution in [0.1, 0.15) is 44.2 Å². The van der Waals surface area contributed by atoms with Crippen LogP contribution >= 0.6 is 0 Å². The molecule has 2 aromatic carbocycles. The summed E-state index contributed by atoms with van der Waals surface area (Å²) in [5.74, 6) is -1.34. The highest BCUT2D eigenvalue weighted by Gasteiger charge is 2.37. The van der Waals surface area contributed by atoms with Crippen molar-refractivity contribution in [2.24, 2.45) is 5.92 Å². The van der Waals surface area contributed by atoms with Crippen LogP contribution in [0, 0.1) is 5.92 Å². The molecule has 1 saturated heterocycles. The van der Waals surface area contributed by atoms with Gasteiger partial charge in [-0.2, -0.15) is 0 Å². The molecule has 8 heteroatoms. The highest BCUT2D eigenvalue weighted by atomic mass is 16.5. The van der Waals surface area contributed by atoms with E-state index < -0.39 is 23.7 Å². The van der Waals surface area contributed by atoms with Crippen LogP contribution in [0.4, 0.5) is 4.79 Å². The van der Waals surface area contributed by atoms with Crippen molar-refractivity contribution in [1.29, 1.82) is 0 Å². The first-order valence-corrected chi connectivity index (χ1v) is 11.9. The number of aliphatic carboxylic acids is 1. The number of ether oxygens (including phenoxy) is 2. The van der Waals surface area contributed by atoms with Crippen LogP contribution in [-0.2, 0) is 19.1 Å². The molecule has 0 aromatic heterocycles. The van der Waals surface area contributed by atoms with Gasteiger partial charge in [0.05, 0.1) is 18.6 Å². The van der Waals surface area contributed by atoms with Crippen molar-refractivity contribution in [3.63, 3.8) is 0 Å². The van der Waals surface area contributed by atoms with Crippen LogP contribution in [0.2, 0.25) is 0 Å². The number of rotatable bonds is 8. The van der Waals surface area contributed by atoms with Gasteiger partial charge in [-0.15, -0.1) is 0 Å². The Morgan fingerprint density at radius 1 is 1.03 bits per heavy atom. The number of nitrogens with zero attached hydrogens (tertiary/aromatic N) is 1. The zero-order chi connectivity index (χ0) is 25.2. The van der Waals surface area contributed by atoms with Crippen molar-refractivity contribution in [2.75, 3.05) is 26.3 Å². The fraction of sp³-hybridized carbons (Fsp3) is 0.444. The molecule has 35 heavy (non-hydrogen) atoms. The van der Waals surface area contributed by atoms with E-state index in [1.165, 1.54) is 0 Å². The second kappa shape index (κ2) is 10.1. The van der Waals surface area contributed by atoms with Crippen LogP contribution in [-0.4, -0.2) is 65.9 Å². The highest BCUT2D eigenvalue weighted by molar-refractivity contribution is 5.86. The number of hydrogen-bond acceptors (Lipinski definition) is 5. The number of carbonyl (C=O) groups is 3. The Labute approximate surface area is 205 Å². The summed E-state index contributed by atoms with van der Waals surface area (Å²) >= 11 is 0. The van der Waals surface area contributed by atoms with Gasteiger partial charge in [-0.1, -0.05) is 48.5 Å². The van der Waals surface area contributed by atoms with Gasteiger partial charge in [-0.05, 0) is 43.0 Å². The Kier molecular flexibility index (Phi) is 7.12. The number of amides is 2.